The minimum Gasteiger partial charge on any atom is -0.397 e. The van der Waals surface area contributed by atoms with Crippen molar-refractivity contribution in [2.45, 2.75) is 19.4 Å². The van der Waals surface area contributed by atoms with Gasteiger partial charge in [0, 0.05) is 16.2 Å². The van der Waals surface area contributed by atoms with E-state index in [1.165, 1.54) is 9.99 Å². The zero-order valence-corrected chi connectivity index (χ0v) is 12.6. The highest BCUT2D eigenvalue weighted by atomic mass is 127. The first-order valence-electron chi connectivity index (χ1n) is 6.06. The van der Waals surface area contributed by atoms with Crippen LogP contribution in [0, 0.1) is 9.49 Å². The molecule has 1 aliphatic rings. The maximum atomic E-state index is 6.03. The Labute approximate surface area is 117 Å². The summed E-state index contributed by atoms with van der Waals surface area (Å²) < 4.78 is 1.18. The molecule has 0 aromatic heterocycles. The number of hydrogen-bond donors (Lipinski definition) is 2. The molecule has 94 valence electrons. The number of benzene rings is 1. The zero-order valence-electron chi connectivity index (χ0n) is 10.4. The van der Waals surface area contributed by atoms with E-state index in [0.717, 1.165) is 24.5 Å². The van der Waals surface area contributed by atoms with Crippen LogP contribution in [-0.2, 0) is 0 Å². The Morgan fingerprint density at radius 1 is 1.47 bits per heavy atom. The van der Waals surface area contributed by atoms with E-state index >= 15 is 0 Å². The Morgan fingerprint density at radius 3 is 2.88 bits per heavy atom. The van der Waals surface area contributed by atoms with E-state index in [4.69, 9.17) is 5.73 Å². The lowest BCUT2D eigenvalue weighted by atomic mass is 9.94. The van der Waals surface area contributed by atoms with Crippen LogP contribution in [0.1, 0.15) is 13.3 Å². The van der Waals surface area contributed by atoms with Gasteiger partial charge < -0.3 is 16.0 Å². The van der Waals surface area contributed by atoms with E-state index in [9.17, 15) is 0 Å². The number of halogens is 1. The second kappa shape index (κ2) is 5.44. The van der Waals surface area contributed by atoms with Crippen LogP contribution >= 0.6 is 22.6 Å². The molecular weight excluding hydrogens is 325 g/mol. The van der Waals surface area contributed by atoms with Gasteiger partial charge in [-0.2, -0.15) is 0 Å². The monoisotopic (exact) mass is 345 g/mol. The summed E-state index contributed by atoms with van der Waals surface area (Å²) in [6.07, 6.45) is 1.18. The molecule has 1 saturated heterocycles. The number of hydrogen-bond acceptors (Lipinski definition) is 3. The average molecular weight is 345 g/mol. The molecule has 0 saturated carbocycles. The molecule has 2 unspecified atom stereocenters. The third-order valence-electron chi connectivity index (χ3n) is 3.46. The molecule has 2 rings (SSSR count). The van der Waals surface area contributed by atoms with Crippen LogP contribution < -0.4 is 11.1 Å². The number of nitrogens with two attached hydrogens (primary N) is 1. The van der Waals surface area contributed by atoms with E-state index in [2.05, 4.69) is 58.9 Å². The number of nitrogen functional groups attached to an aromatic ring is 1. The van der Waals surface area contributed by atoms with Gasteiger partial charge in [0.1, 0.15) is 0 Å². The Morgan fingerprint density at radius 2 is 2.24 bits per heavy atom. The van der Waals surface area contributed by atoms with Crippen LogP contribution in [0.15, 0.2) is 18.2 Å². The van der Waals surface area contributed by atoms with E-state index in [1.54, 1.807) is 0 Å². The standard InChI is InChI=1S/C13H20IN3/c1-9-8-17(2)6-5-12(9)16-13-4-3-10(14)7-11(13)15/h3-4,7,9,12,16H,5-6,8,15H2,1-2H3. The van der Waals surface area contributed by atoms with Gasteiger partial charge in [0.25, 0.3) is 0 Å². The van der Waals surface area contributed by atoms with Crippen molar-refractivity contribution in [3.05, 3.63) is 21.8 Å². The first-order chi connectivity index (χ1) is 8.06. The number of piperidine rings is 1. The smallest absolute Gasteiger partial charge is 0.0576 e. The molecule has 2 atom stereocenters. The van der Waals surface area contributed by atoms with Crippen LogP contribution in [0.3, 0.4) is 0 Å². The van der Waals surface area contributed by atoms with Crippen molar-refractivity contribution in [2.24, 2.45) is 5.92 Å². The second-order valence-electron chi connectivity index (χ2n) is 5.01. The Kier molecular flexibility index (Phi) is 4.14. The molecule has 1 fully saturated rings. The molecule has 1 aromatic carbocycles. The van der Waals surface area contributed by atoms with Crippen molar-refractivity contribution in [1.82, 2.24) is 4.90 Å². The summed E-state index contributed by atoms with van der Waals surface area (Å²) in [5.41, 5.74) is 7.96. The van der Waals surface area contributed by atoms with Crippen LogP contribution in [0.4, 0.5) is 11.4 Å². The SMILES string of the molecule is CC1CN(C)CCC1Nc1ccc(I)cc1N. The van der Waals surface area contributed by atoms with Crippen molar-refractivity contribution >= 4 is 34.0 Å². The highest BCUT2D eigenvalue weighted by Crippen LogP contribution is 2.25. The van der Waals surface area contributed by atoms with Gasteiger partial charge >= 0.3 is 0 Å². The number of nitrogens with zero attached hydrogens (tertiary/aromatic N) is 1. The Hall–Kier alpha value is -0.490. The molecule has 1 heterocycles. The quantitative estimate of drug-likeness (QED) is 0.640. The van der Waals surface area contributed by atoms with Crippen LogP contribution in [0.2, 0.25) is 0 Å². The third kappa shape index (κ3) is 3.25. The highest BCUT2D eigenvalue weighted by Gasteiger charge is 2.24. The summed E-state index contributed by atoms with van der Waals surface area (Å²) in [5, 5.41) is 3.59. The maximum Gasteiger partial charge on any atom is 0.0576 e. The van der Waals surface area contributed by atoms with Gasteiger partial charge in [-0.05, 0) is 66.7 Å². The summed E-state index contributed by atoms with van der Waals surface area (Å²) in [5.74, 6) is 0.660. The molecule has 3 nitrogen and oxygen atoms in total. The zero-order chi connectivity index (χ0) is 12.4. The van der Waals surface area contributed by atoms with Gasteiger partial charge in [-0.3, -0.25) is 0 Å². The van der Waals surface area contributed by atoms with Crippen molar-refractivity contribution in [1.29, 1.82) is 0 Å². The van der Waals surface area contributed by atoms with Gasteiger partial charge in [-0.25, -0.2) is 0 Å². The van der Waals surface area contributed by atoms with Crippen molar-refractivity contribution < 1.29 is 0 Å². The van der Waals surface area contributed by atoms with Gasteiger partial charge in [0.05, 0.1) is 11.4 Å². The molecule has 0 radical (unpaired) electrons. The topological polar surface area (TPSA) is 41.3 Å². The molecule has 1 aromatic rings. The highest BCUT2D eigenvalue weighted by molar-refractivity contribution is 14.1. The first-order valence-corrected chi connectivity index (χ1v) is 7.14. The van der Waals surface area contributed by atoms with Crippen LogP contribution in [0.25, 0.3) is 0 Å². The van der Waals surface area contributed by atoms with Crippen molar-refractivity contribution in [3.8, 4) is 0 Å². The van der Waals surface area contributed by atoms with Gasteiger partial charge in [0.15, 0.2) is 0 Å². The number of nitrogens with one attached hydrogen (secondary N) is 1. The van der Waals surface area contributed by atoms with Crippen molar-refractivity contribution in [2.75, 3.05) is 31.2 Å². The molecule has 17 heavy (non-hydrogen) atoms. The molecule has 0 spiro atoms. The third-order valence-corrected chi connectivity index (χ3v) is 4.13. The van der Waals surface area contributed by atoms with Gasteiger partial charge in [0.2, 0.25) is 0 Å². The minimum absolute atomic E-state index is 0.536. The lowest BCUT2D eigenvalue weighted by molar-refractivity contribution is 0.206. The van der Waals surface area contributed by atoms with Crippen molar-refractivity contribution in [3.63, 3.8) is 0 Å². The average Bonchev–Trinajstić information content (AvgIpc) is 2.25. The molecular formula is C13H20IN3. The fourth-order valence-electron chi connectivity index (χ4n) is 2.43. The van der Waals surface area contributed by atoms with Crippen LogP contribution in [-0.4, -0.2) is 31.1 Å². The Bertz CT molecular complexity index is 394. The molecule has 3 N–H and O–H groups in total. The fourth-order valence-corrected chi connectivity index (χ4v) is 2.95. The summed E-state index contributed by atoms with van der Waals surface area (Å²) in [6, 6.07) is 6.73. The summed E-state index contributed by atoms with van der Waals surface area (Å²) >= 11 is 2.29. The van der Waals surface area contributed by atoms with E-state index in [1.807, 2.05) is 6.07 Å². The predicted molar refractivity (Wildman–Crippen MR) is 82.3 cm³/mol. The van der Waals surface area contributed by atoms with E-state index in [0.29, 0.717) is 12.0 Å². The largest absolute Gasteiger partial charge is 0.397 e. The number of anilines is 2. The lowest BCUT2D eigenvalue weighted by Crippen LogP contribution is -2.43. The number of likely N-dealkylation sites (tertiary alicyclic amines) is 1. The first kappa shape index (κ1) is 13.0. The summed E-state index contributed by atoms with van der Waals surface area (Å²) in [6.45, 7) is 4.62. The molecule has 4 heteroatoms. The normalized spacial score (nSPS) is 25.8. The second-order valence-corrected chi connectivity index (χ2v) is 6.26. The van der Waals surface area contributed by atoms with Crippen LogP contribution in [0.5, 0.6) is 0 Å². The maximum absolute atomic E-state index is 6.03. The predicted octanol–water partition coefficient (Wildman–Crippen LogP) is 2.63. The molecule has 0 amide bonds. The summed E-state index contributed by atoms with van der Waals surface area (Å²) in [4.78, 5) is 2.39. The fraction of sp³-hybridized carbons (Fsp3) is 0.538. The van der Waals surface area contributed by atoms with Gasteiger partial charge in [-0.15, -0.1) is 0 Å². The molecule has 0 aliphatic carbocycles. The molecule has 1 aliphatic heterocycles. The van der Waals surface area contributed by atoms with E-state index < -0.39 is 0 Å². The Balaban J connectivity index is 2.05. The lowest BCUT2D eigenvalue weighted by Gasteiger charge is -2.36. The molecule has 0 bridgehead atoms. The number of rotatable bonds is 2. The minimum atomic E-state index is 0.536. The van der Waals surface area contributed by atoms with E-state index in [-0.39, 0.29) is 0 Å². The van der Waals surface area contributed by atoms with Gasteiger partial charge in [-0.1, -0.05) is 6.92 Å². The summed E-state index contributed by atoms with van der Waals surface area (Å²) in [7, 11) is 2.19.